The van der Waals surface area contributed by atoms with Crippen LogP contribution in [0, 0.1) is 23.2 Å². The SMILES string of the molecule is CCc1cccc(CC)c1-n1c(CNC(=O)C23CC4CC(CC(C4)C2)C3)nnc1SC(C)CC. The molecule has 0 aliphatic heterocycles. The Kier molecular flexibility index (Phi) is 6.80. The molecule has 1 atom stereocenters. The second kappa shape index (κ2) is 9.67. The van der Waals surface area contributed by atoms with Crippen LogP contribution in [-0.2, 0) is 24.2 Å². The third-order valence-corrected chi connectivity index (χ3v) is 9.91. The summed E-state index contributed by atoms with van der Waals surface area (Å²) in [7, 11) is 0. The maximum Gasteiger partial charge on any atom is 0.226 e. The second-order valence-electron chi connectivity index (χ2n) is 11.1. The van der Waals surface area contributed by atoms with Crippen molar-refractivity contribution in [2.24, 2.45) is 23.2 Å². The standard InChI is InChI=1S/C28H40N4OS/c1-5-18(4)34-27-31-30-24(32(27)25-22(6-2)9-8-10-23(25)7-3)17-29-26(33)28-14-19-11-20(15-28)13-21(12-19)16-28/h8-10,18-21H,5-7,11-17H2,1-4H3,(H,29,33). The second-order valence-corrected chi connectivity index (χ2v) is 12.5. The summed E-state index contributed by atoms with van der Waals surface area (Å²) >= 11 is 1.78. The van der Waals surface area contributed by atoms with Crippen LogP contribution in [0.2, 0.25) is 0 Å². The number of aryl methyl sites for hydroxylation is 2. The maximum atomic E-state index is 13.6. The van der Waals surface area contributed by atoms with E-state index < -0.39 is 0 Å². The number of nitrogens with one attached hydrogen (secondary N) is 1. The summed E-state index contributed by atoms with van der Waals surface area (Å²) in [6.45, 7) is 9.31. The Hall–Kier alpha value is -1.82. The summed E-state index contributed by atoms with van der Waals surface area (Å²) < 4.78 is 2.24. The lowest BCUT2D eigenvalue weighted by atomic mass is 9.49. The lowest BCUT2D eigenvalue weighted by Crippen LogP contribution is -2.53. The molecule has 4 fully saturated rings. The zero-order valence-corrected chi connectivity index (χ0v) is 22.1. The Morgan fingerprint density at radius 2 is 1.65 bits per heavy atom. The average Bonchev–Trinajstić information content (AvgIpc) is 3.22. The van der Waals surface area contributed by atoms with Crippen molar-refractivity contribution in [3.63, 3.8) is 0 Å². The van der Waals surface area contributed by atoms with Gasteiger partial charge in [-0.25, -0.2) is 0 Å². The van der Waals surface area contributed by atoms with Crippen molar-refractivity contribution in [3.8, 4) is 5.69 Å². The van der Waals surface area contributed by atoms with Gasteiger partial charge in [-0.1, -0.05) is 57.7 Å². The van der Waals surface area contributed by atoms with Gasteiger partial charge in [-0.2, -0.15) is 0 Å². The van der Waals surface area contributed by atoms with Crippen LogP contribution in [0.1, 0.15) is 89.6 Å². The largest absolute Gasteiger partial charge is 0.348 e. The molecule has 1 N–H and O–H groups in total. The van der Waals surface area contributed by atoms with Gasteiger partial charge in [0, 0.05) is 10.7 Å². The summed E-state index contributed by atoms with van der Waals surface area (Å²) in [5.41, 5.74) is 3.68. The van der Waals surface area contributed by atoms with Crippen molar-refractivity contribution in [1.82, 2.24) is 20.1 Å². The van der Waals surface area contributed by atoms with E-state index in [1.165, 1.54) is 36.1 Å². The number of nitrogens with zero attached hydrogens (tertiary/aromatic N) is 3. The average molecular weight is 481 g/mol. The van der Waals surface area contributed by atoms with Gasteiger partial charge in [0.15, 0.2) is 11.0 Å². The fourth-order valence-corrected chi connectivity index (χ4v) is 8.13. The molecule has 2 aromatic rings. The minimum absolute atomic E-state index is 0.135. The summed E-state index contributed by atoms with van der Waals surface area (Å²) in [4.78, 5) is 13.6. The van der Waals surface area contributed by atoms with Gasteiger partial charge in [-0.15, -0.1) is 10.2 Å². The number of carbonyl (C=O) groups excluding carboxylic acids is 1. The highest BCUT2D eigenvalue weighted by atomic mass is 32.2. The molecular weight excluding hydrogens is 440 g/mol. The molecule has 0 radical (unpaired) electrons. The van der Waals surface area contributed by atoms with Gasteiger partial charge in [-0.3, -0.25) is 9.36 Å². The van der Waals surface area contributed by atoms with E-state index in [0.717, 1.165) is 67.3 Å². The molecular formula is C28H40N4OS. The predicted molar refractivity (Wildman–Crippen MR) is 138 cm³/mol. The first-order chi connectivity index (χ1) is 16.5. The molecule has 6 rings (SSSR count). The van der Waals surface area contributed by atoms with Crippen LogP contribution in [0.4, 0.5) is 0 Å². The van der Waals surface area contributed by atoms with Gasteiger partial charge in [0.25, 0.3) is 0 Å². The highest BCUT2D eigenvalue weighted by molar-refractivity contribution is 7.99. The van der Waals surface area contributed by atoms with Gasteiger partial charge in [0.2, 0.25) is 5.91 Å². The molecule has 0 saturated heterocycles. The fraction of sp³-hybridized carbons (Fsp3) is 0.679. The molecule has 184 valence electrons. The summed E-state index contributed by atoms with van der Waals surface area (Å²) in [6.07, 6.45) is 10.3. The topological polar surface area (TPSA) is 59.8 Å². The smallest absolute Gasteiger partial charge is 0.226 e. The van der Waals surface area contributed by atoms with E-state index in [1.807, 2.05) is 0 Å². The van der Waals surface area contributed by atoms with Crippen LogP contribution < -0.4 is 5.32 Å². The Labute approximate surface area is 208 Å². The van der Waals surface area contributed by atoms with Gasteiger partial charge >= 0.3 is 0 Å². The number of hydrogen-bond acceptors (Lipinski definition) is 4. The Morgan fingerprint density at radius 1 is 1.06 bits per heavy atom. The maximum absolute atomic E-state index is 13.6. The van der Waals surface area contributed by atoms with Gasteiger partial charge in [0.1, 0.15) is 0 Å². The van der Waals surface area contributed by atoms with E-state index in [1.54, 1.807) is 11.8 Å². The molecule has 1 aromatic heterocycles. The highest BCUT2D eigenvalue weighted by Gasteiger charge is 2.54. The van der Waals surface area contributed by atoms with Crippen molar-refractivity contribution < 1.29 is 4.79 Å². The molecule has 1 heterocycles. The molecule has 4 aliphatic carbocycles. The number of carbonyl (C=O) groups is 1. The fourth-order valence-electron chi connectivity index (χ4n) is 7.22. The van der Waals surface area contributed by atoms with Crippen LogP contribution in [0.15, 0.2) is 23.4 Å². The number of hydrogen-bond donors (Lipinski definition) is 1. The Bertz CT molecular complexity index is 987. The first-order valence-electron chi connectivity index (χ1n) is 13.5. The normalized spacial score (nSPS) is 28.3. The molecule has 4 saturated carbocycles. The van der Waals surface area contributed by atoms with Crippen LogP contribution in [-0.4, -0.2) is 25.9 Å². The number of aromatic nitrogens is 3. The predicted octanol–water partition coefficient (Wildman–Crippen LogP) is 6.12. The van der Waals surface area contributed by atoms with Crippen LogP contribution in [0.3, 0.4) is 0 Å². The van der Waals surface area contributed by atoms with Crippen molar-refractivity contribution in [3.05, 3.63) is 35.2 Å². The molecule has 1 unspecified atom stereocenters. The third-order valence-electron chi connectivity index (χ3n) is 8.70. The van der Waals surface area contributed by atoms with Crippen LogP contribution in [0.25, 0.3) is 5.69 Å². The molecule has 5 nitrogen and oxygen atoms in total. The summed E-state index contributed by atoms with van der Waals surface area (Å²) in [5.74, 6) is 3.41. The van der Waals surface area contributed by atoms with E-state index in [2.05, 4.69) is 66.0 Å². The quantitative estimate of drug-likeness (QED) is 0.440. The lowest BCUT2D eigenvalue weighted by Gasteiger charge is -2.55. The molecule has 4 aliphatic rings. The van der Waals surface area contributed by atoms with E-state index in [9.17, 15) is 4.79 Å². The van der Waals surface area contributed by atoms with E-state index >= 15 is 0 Å². The molecule has 4 bridgehead atoms. The van der Waals surface area contributed by atoms with Crippen molar-refractivity contribution in [2.45, 2.75) is 102 Å². The van der Waals surface area contributed by atoms with Gasteiger partial charge in [0.05, 0.1) is 12.2 Å². The number of benzene rings is 1. The molecule has 34 heavy (non-hydrogen) atoms. The number of para-hydroxylation sites is 1. The molecule has 0 spiro atoms. The summed E-state index contributed by atoms with van der Waals surface area (Å²) in [5, 5.41) is 14.0. The van der Waals surface area contributed by atoms with Gasteiger partial charge < -0.3 is 5.32 Å². The minimum atomic E-state index is -0.135. The number of amides is 1. The monoisotopic (exact) mass is 480 g/mol. The first-order valence-corrected chi connectivity index (χ1v) is 14.3. The zero-order valence-electron chi connectivity index (χ0n) is 21.3. The number of thioether (sulfide) groups is 1. The number of rotatable bonds is 9. The van der Waals surface area contributed by atoms with Crippen molar-refractivity contribution >= 4 is 17.7 Å². The molecule has 6 heteroatoms. The van der Waals surface area contributed by atoms with Crippen LogP contribution in [0.5, 0.6) is 0 Å². The van der Waals surface area contributed by atoms with E-state index in [4.69, 9.17) is 0 Å². The van der Waals surface area contributed by atoms with E-state index in [-0.39, 0.29) is 11.3 Å². The third kappa shape index (κ3) is 4.31. The van der Waals surface area contributed by atoms with Crippen molar-refractivity contribution in [2.75, 3.05) is 0 Å². The molecule has 1 amide bonds. The van der Waals surface area contributed by atoms with Gasteiger partial charge in [-0.05, 0) is 86.7 Å². The van der Waals surface area contributed by atoms with Crippen molar-refractivity contribution in [1.29, 1.82) is 0 Å². The minimum Gasteiger partial charge on any atom is -0.348 e. The first kappa shape index (κ1) is 23.9. The molecule has 1 aromatic carbocycles. The van der Waals surface area contributed by atoms with Crippen LogP contribution >= 0.6 is 11.8 Å². The lowest BCUT2D eigenvalue weighted by molar-refractivity contribution is -0.146. The Balaban J connectivity index is 1.44. The van der Waals surface area contributed by atoms with E-state index in [0.29, 0.717) is 11.8 Å². The zero-order chi connectivity index (χ0) is 23.9. The highest BCUT2D eigenvalue weighted by Crippen LogP contribution is 2.60. The Morgan fingerprint density at radius 3 is 2.18 bits per heavy atom. The summed E-state index contributed by atoms with van der Waals surface area (Å²) in [6, 6.07) is 6.58.